The fraction of sp³-hybridized carbons (Fsp3) is 0.417. The molecule has 1 heterocycles. The summed E-state index contributed by atoms with van der Waals surface area (Å²) in [5.41, 5.74) is 1.85. The summed E-state index contributed by atoms with van der Waals surface area (Å²) in [6, 6.07) is 3.21. The molecule has 0 spiro atoms. The summed E-state index contributed by atoms with van der Waals surface area (Å²) >= 11 is 0. The Morgan fingerprint density at radius 2 is 2.07 bits per heavy atom. The highest BCUT2D eigenvalue weighted by atomic mass is 19.1. The maximum atomic E-state index is 13.3. The van der Waals surface area contributed by atoms with Gasteiger partial charge in [-0.1, -0.05) is 19.9 Å². The van der Waals surface area contributed by atoms with Crippen molar-refractivity contribution in [3.05, 3.63) is 29.1 Å². The summed E-state index contributed by atoms with van der Waals surface area (Å²) in [7, 11) is 0. The molecule has 0 radical (unpaired) electrons. The van der Waals surface area contributed by atoms with Crippen molar-refractivity contribution in [1.29, 1.82) is 0 Å². The zero-order chi connectivity index (χ0) is 11.2. The predicted molar refractivity (Wildman–Crippen MR) is 57.3 cm³/mol. The molecular formula is C12H14FNO. The number of carbonyl (C=O) groups is 1. The highest BCUT2D eigenvalue weighted by Crippen LogP contribution is 2.34. The van der Waals surface area contributed by atoms with Crippen molar-refractivity contribution in [3.8, 4) is 0 Å². The van der Waals surface area contributed by atoms with Gasteiger partial charge < -0.3 is 5.32 Å². The summed E-state index contributed by atoms with van der Waals surface area (Å²) in [5.74, 6) is -0.313. The Labute approximate surface area is 88.5 Å². The van der Waals surface area contributed by atoms with Crippen LogP contribution in [0, 0.1) is 18.2 Å². The number of amides is 1. The van der Waals surface area contributed by atoms with Crippen LogP contribution in [-0.2, 0) is 11.2 Å². The van der Waals surface area contributed by atoms with Crippen LogP contribution in [0.2, 0.25) is 0 Å². The molecule has 80 valence electrons. The van der Waals surface area contributed by atoms with Crippen molar-refractivity contribution in [2.24, 2.45) is 5.41 Å². The molecule has 0 fully saturated rings. The first-order valence-electron chi connectivity index (χ1n) is 5.00. The van der Waals surface area contributed by atoms with E-state index in [4.69, 9.17) is 0 Å². The number of anilines is 1. The zero-order valence-corrected chi connectivity index (χ0v) is 9.15. The number of rotatable bonds is 0. The molecule has 1 aliphatic rings. The molecule has 15 heavy (non-hydrogen) atoms. The van der Waals surface area contributed by atoms with Crippen molar-refractivity contribution < 1.29 is 9.18 Å². The lowest BCUT2D eigenvalue weighted by Crippen LogP contribution is -2.37. The number of halogens is 1. The first-order valence-corrected chi connectivity index (χ1v) is 5.00. The highest BCUT2D eigenvalue weighted by molar-refractivity contribution is 5.98. The lowest BCUT2D eigenvalue weighted by Gasteiger charge is -2.30. The summed E-state index contributed by atoms with van der Waals surface area (Å²) in [6.45, 7) is 5.52. The fourth-order valence-corrected chi connectivity index (χ4v) is 1.85. The number of benzene rings is 1. The Hall–Kier alpha value is -1.38. The normalized spacial score (nSPS) is 18.3. The van der Waals surface area contributed by atoms with Gasteiger partial charge in [-0.05, 0) is 30.5 Å². The topological polar surface area (TPSA) is 29.1 Å². The van der Waals surface area contributed by atoms with E-state index in [9.17, 15) is 9.18 Å². The Morgan fingerprint density at radius 1 is 1.40 bits per heavy atom. The average Bonchev–Trinajstić information content (AvgIpc) is 2.11. The standard InChI is InChI=1S/C12H14FNO/c1-7-4-8-6-12(2,3)11(15)14-10(8)5-9(7)13/h4-5H,6H2,1-3H3,(H,14,15). The van der Waals surface area contributed by atoms with Crippen LogP contribution in [0.15, 0.2) is 12.1 Å². The first kappa shape index (κ1) is 10.1. The van der Waals surface area contributed by atoms with Crippen LogP contribution >= 0.6 is 0 Å². The minimum atomic E-state index is -0.405. The van der Waals surface area contributed by atoms with Crippen LogP contribution in [0.3, 0.4) is 0 Å². The van der Waals surface area contributed by atoms with Gasteiger partial charge in [-0.25, -0.2) is 4.39 Å². The van der Waals surface area contributed by atoms with Gasteiger partial charge in [0, 0.05) is 11.1 Å². The smallest absolute Gasteiger partial charge is 0.230 e. The Kier molecular flexibility index (Phi) is 2.07. The van der Waals surface area contributed by atoms with E-state index in [-0.39, 0.29) is 11.7 Å². The second kappa shape index (κ2) is 3.05. The molecule has 0 atom stereocenters. The van der Waals surface area contributed by atoms with Crippen LogP contribution in [0.1, 0.15) is 25.0 Å². The number of hydrogen-bond acceptors (Lipinski definition) is 1. The third-order valence-corrected chi connectivity index (χ3v) is 2.88. The number of fused-ring (bicyclic) bond motifs is 1. The van der Waals surface area contributed by atoms with E-state index in [0.29, 0.717) is 17.7 Å². The van der Waals surface area contributed by atoms with Crippen LogP contribution in [-0.4, -0.2) is 5.91 Å². The molecule has 2 nitrogen and oxygen atoms in total. The third kappa shape index (κ3) is 1.62. The Bertz CT molecular complexity index is 437. The molecule has 1 aliphatic heterocycles. The van der Waals surface area contributed by atoms with Gasteiger partial charge in [-0.15, -0.1) is 0 Å². The van der Waals surface area contributed by atoms with Crippen LogP contribution in [0.25, 0.3) is 0 Å². The van der Waals surface area contributed by atoms with Crippen molar-refractivity contribution >= 4 is 11.6 Å². The Balaban J connectivity index is 2.51. The van der Waals surface area contributed by atoms with Gasteiger partial charge in [0.25, 0.3) is 0 Å². The summed E-state index contributed by atoms with van der Waals surface area (Å²) in [4.78, 5) is 11.6. The van der Waals surface area contributed by atoms with E-state index >= 15 is 0 Å². The predicted octanol–water partition coefficient (Wildman–Crippen LogP) is 2.65. The highest BCUT2D eigenvalue weighted by Gasteiger charge is 2.33. The zero-order valence-electron chi connectivity index (χ0n) is 9.15. The molecular weight excluding hydrogens is 193 g/mol. The molecule has 0 aliphatic carbocycles. The average molecular weight is 207 g/mol. The van der Waals surface area contributed by atoms with Gasteiger partial charge in [0.15, 0.2) is 0 Å². The van der Waals surface area contributed by atoms with Gasteiger partial charge >= 0.3 is 0 Å². The molecule has 0 saturated heterocycles. The van der Waals surface area contributed by atoms with E-state index in [0.717, 1.165) is 5.56 Å². The molecule has 1 amide bonds. The van der Waals surface area contributed by atoms with Gasteiger partial charge in [-0.2, -0.15) is 0 Å². The van der Waals surface area contributed by atoms with Crippen molar-refractivity contribution in [1.82, 2.24) is 0 Å². The Morgan fingerprint density at radius 3 is 2.73 bits per heavy atom. The fourth-order valence-electron chi connectivity index (χ4n) is 1.85. The molecule has 1 N–H and O–H groups in total. The molecule has 1 aromatic carbocycles. The van der Waals surface area contributed by atoms with E-state index in [1.54, 1.807) is 6.92 Å². The minimum Gasteiger partial charge on any atom is -0.325 e. The van der Waals surface area contributed by atoms with Gasteiger partial charge in [-0.3, -0.25) is 4.79 Å². The molecule has 3 heteroatoms. The first-order chi connectivity index (χ1) is 6.90. The van der Waals surface area contributed by atoms with Crippen molar-refractivity contribution in [2.45, 2.75) is 27.2 Å². The molecule has 1 aromatic rings. The lowest BCUT2D eigenvalue weighted by molar-refractivity contribution is -0.124. The van der Waals surface area contributed by atoms with Crippen LogP contribution < -0.4 is 5.32 Å². The number of carbonyl (C=O) groups excluding carboxylic acids is 1. The molecule has 0 aromatic heterocycles. The largest absolute Gasteiger partial charge is 0.325 e. The quantitative estimate of drug-likeness (QED) is 0.696. The van der Waals surface area contributed by atoms with Crippen LogP contribution in [0.4, 0.5) is 10.1 Å². The van der Waals surface area contributed by atoms with Crippen molar-refractivity contribution in [2.75, 3.05) is 5.32 Å². The molecule has 0 bridgehead atoms. The lowest BCUT2D eigenvalue weighted by atomic mass is 9.81. The summed E-state index contributed by atoms with van der Waals surface area (Å²) in [5, 5.41) is 2.74. The molecule has 0 unspecified atom stereocenters. The molecule has 0 saturated carbocycles. The van der Waals surface area contributed by atoms with Crippen LogP contribution in [0.5, 0.6) is 0 Å². The second-order valence-corrected chi connectivity index (χ2v) is 4.77. The molecule has 2 rings (SSSR count). The van der Waals surface area contributed by atoms with Crippen molar-refractivity contribution in [3.63, 3.8) is 0 Å². The SMILES string of the molecule is Cc1cc2c(cc1F)NC(=O)C(C)(C)C2. The maximum absolute atomic E-state index is 13.3. The number of hydrogen-bond donors (Lipinski definition) is 1. The van der Waals surface area contributed by atoms with Gasteiger partial charge in [0.05, 0.1) is 0 Å². The van der Waals surface area contributed by atoms with Gasteiger partial charge in [0.2, 0.25) is 5.91 Å². The summed E-state index contributed by atoms with van der Waals surface area (Å²) < 4.78 is 13.3. The van der Waals surface area contributed by atoms with E-state index < -0.39 is 5.41 Å². The van der Waals surface area contributed by atoms with E-state index in [2.05, 4.69) is 5.32 Å². The number of aryl methyl sites for hydroxylation is 1. The monoisotopic (exact) mass is 207 g/mol. The van der Waals surface area contributed by atoms with E-state index in [1.165, 1.54) is 6.07 Å². The third-order valence-electron chi connectivity index (χ3n) is 2.88. The second-order valence-electron chi connectivity index (χ2n) is 4.77. The van der Waals surface area contributed by atoms with Gasteiger partial charge in [0.1, 0.15) is 5.82 Å². The number of nitrogens with one attached hydrogen (secondary N) is 1. The minimum absolute atomic E-state index is 0.0433. The summed E-state index contributed by atoms with van der Waals surface area (Å²) in [6.07, 6.45) is 0.662. The van der Waals surface area contributed by atoms with E-state index in [1.807, 2.05) is 19.9 Å². The maximum Gasteiger partial charge on any atom is 0.230 e.